The number of nitro benzene ring substituents is 1. The number of nitrogens with zero attached hydrogens (tertiary/aromatic N) is 2. The lowest BCUT2D eigenvalue weighted by Crippen LogP contribution is -2.43. The molecule has 0 bridgehead atoms. The summed E-state index contributed by atoms with van der Waals surface area (Å²) in [4.78, 5) is 25.3. The lowest BCUT2D eigenvalue weighted by atomic mass is 10.0. The number of likely N-dealkylation sites (tertiary alicyclic amines) is 1. The number of carbonyl (C=O) groups excluding carboxylic acids is 1. The second-order valence-electron chi connectivity index (χ2n) is 6.71. The summed E-state index contributed by atoms with van der Waals surface area (Å²) in [5.74, 6) is 0.783. The number of anilines is 1. The molecule has 1 fully saturated rings. The first-order valence-electron chi connectivity index (χ1n) is 9.08. The van der Waals surface area contributed by atoms with Gasteiger partial charge in [0.2, 0.25) is 5.91 Å². The van der Waals surface area contributed by atoms with E-state index in [-0.39, 0.29) is 22.6 Å². The Morgan fingerprint density at radius 3 is 2.68 bits per heavy atom. The van der Waals surface area contributed by atoms with Gasteiger partial charge in [-0.2, -0.15) is 0 Å². The van der Waals surface area contributed by atoms with Gasteiger partial charge in [-0.25, -0.2) is 0 Å². The van der Waals surface area contributed by atoms with Gasteiger partial charge in [0.25, 0.3) is 5.69 Å². The van der Waals surface area contributed by atoms with Crippen molar-refractivity contribution < 1.29 is 14.5 Å². The van der Waals surface area contributed by atoms with Crippen LogP contribution >= 0.6 is 15.9 Å². The molecule has 0 aromatic heterocycles. The van der Waals surface area contributed by atoms with Crippen LogP contribution in [0.15, 0.2) is 46.9 Å². The molecule has 1 saturated heterocycles. The molecule has 1 aliphatic heterocycles. The first kappa shape index (κ1) is 20.1. The van der Waals surface area contributed by atoms with Crippen molar-refractivity contribution in [2.75, 3.05) is 25.5 Å². The molecule has 2 aromatic carbocycles. The molecule has 2 aromatic rings. The number of nitro groups is 1. The summed E-state index contributed by atoms with van der Waals surface area (Å²) in [6.45, 7) is 1.24. The fraction of sp³-hybridized carbons (Fsp3) is 0.350. The Bertz CT molecular complexity index is 866. The van der Waals surface area contributed by atoms with Gasteiger partial charge in [-0.3, -0.25) is 14.9 Å². The van der Waals surface area contributed by atoms with E-state index in [4.69, 9.17) is 4.74 Å². The third kappa shape index (κ3) is 4.81. The monoisotopic (exact) mass is 447 g/mol. The third-order valence-corrected chi connectivity index (χ3v) is 5.39. The van der Waals surface area contributed by atoms with Gasteiger partial charge in [0.05, 0.1) is 18.5 Å². The summed E-state index contributed by atoms with van der Waals surface area (Å²) < 4.78 is 6.10. The Hall–Kier alpha value is -2.61. The van der Waals surface area contributed by atoms with Gasteiger partial charge in [0.1, 0.15) is 11.4 Å². The van der Waals surface area contributed by atoms with Crippen LogP contribution < -0.4 is 10.1 Å². The van der Waals surface area contributed by atoms with E-state index in [0.717, 1.165) is 28.6 Å². The molecular formula is C20H22BrN3O4. The van der Waals surface area contributed by atoms with E-state index < -0.39 is 0 Å². The second-order valence-corrected chi connectivity index (χ2v) is 7.62. The van der Waals surface area contributed by atoms with Crippen molar-refractivity contribution in [2.45, 2.75) is 25.3 Å². The largest absolute Gasteiger partial charge is 0.496 e. The fourth-order valence-electron chi connectivity index (χ4n) is 3.40. The number of para-hydroxylation sites is 1. The van der Waals surface area contributed by atoms with Crippen LogP contribution in [0.2, 0.25) is 0 Å². The Kier molecular flexibility index (Phi) is 6.51. The summed E-state index contributed by atoms with van der Waals surface area (Å²) in [6.07, 6.45) is 1.78. The highest BCUT2D eigenvalue weighted by molar-refractivity contribution is 9.10. The molecule has 0 saturated carbocycles. The van der Waals surface area contributed by atoms with Crippen LogP contribution in [0, 0.1) is 10.1 Å². The number of halogens is 1. The minimum atomic E-state index is -0.388. The number of benzene rings is 2. The molecule has 28 heavy (non-hydrogen) atoms. The quantitative estimate of drug-likeness (QED) is 0.533. The highest BCUT2D eigenvalue weighted by atomic mass is 79.9. The van der Waals surface area contributed by atoms with Crippen LogP contribution in [0.5, 0.6) is 5.75 Å². The van der Waals surface area contributed by atoms with E-state index in [1.807, 2.05) is 29.2 Å². The van der Waals surface area contributed by atoms with E-state index in [1.165, 1.54) is 6.07 Å². The molecule has 7 nitrogen and oxygen atoms in total. The molecule has 148 valence electrons. The van der Waals surface area contributed by atoms with E-state index >= 15 is 0 Å². The highest BCUT2D eigenvalue weighted by Crippen LogP contribution is 2.30. The zero-order valence-corrected chi connectivity index (χ0v) is 17.1. The van der Waals surface area contributed by atoms with Crippen molar-refractivity contribution >= 4 is 33.2 Å². The molecule has 1 aliphatic rings. The minimum Gasteiger partial charge on any atom is -0.496 e. The van der Waals surface area contributed by atoms with Crippen LogP contribution in [-0.2, 0) is 11.2 Å². The Morgan fingerprint density at radius 1 is 1.29 bits per heavy atom. The smallest absolute Gasteiger partial charge is 0.292 e. The van der Waals surface area contributed by atoms with Crippen LogP contribution in [0.1, 0.15) is 18.4 Å². The molecule has 1 amide bonds. The molecule has 1 heterocycles. The SMILES string of the molecule is COc1ccccc1CC(=O)N1CCC(Nc2cc(Br)ccc2[N+](=O)[O-])CC1. The summed E-state index contributed by atoms with van der Waals surface area (Å²) in [7, 11) is 1.60. The molecule has 1 N–H and O–H groups in total. The molecule has 0 unspecified atom stereocenters. The number of nitrogens with one attached hydrogen (secondary N) is 1. The molecule has 0 aliphatic carbocycles. The van der Waals surface area contributed by atoms with Crippen molar-refractivity contribution in [1.29, 1.82) is 0 Å². The van der Waals surface area contributed by atoms with Crippen LogP contribution in [-0.4, -0.2) is 42.0 Å². The summed E-state index contributed by atoms with van der Waals surface area (Å²) in [5.41, 5.74) is 1.43. The summed E-state index contributed by atoms with van der Waals surface area (Å²) in [5, 5.41) is 14.5. The second kappa shape index (κ2) is 9.05. The lowest BCUT2D eigenvalue weighted by molar-refractivity contribution is -0.384. The molecule has 0 radical (unpaired) electrons. The maximum atomic E-state index is 12.6. The minimum absolute atomic E-state index is 0.0536. The number of methoxy groups -OCH3 is 1. The van der Waals surface area contributed by atoms with Crippen LogP contribution in [0.25, 0.3) is 0 Å². The van der Waals surface area contributed by atoms with Gasteiger partial charge < -0.3 is 15.0 Å². The zero-order valence-electron chi connectivity index (χ0n) is 15.6. The molecule has 8 heteroatoms. The van der Waals surface area contributed by atoms with Crippen molar-refractivity contribution in [3.05, 3.63) is 62.6 Å². The average Bonchev–Trinajstić information content (AvgIpc) is 2.68. The van der Waals surface area contributed by atoms with Crippen molar-refractivity contribution in [1.82, 2.24) is 4.90 Å². The number of piperidine rings is 1. The molecule has 0 spiro atoms. The molecule has 3 rings (SSSR count). The number of carbonyl (C=O) groups is 1. The van der Waals surface area contributed by atoms with Gasteiger partial charge in [0.15, 0.2) is 0 Å². The third-order valence-electron chi connectivity index (χ3n) is 4.90. The number of ether oxygens (including phenoxy) is 1. The van der Waals surface area contributed by atoms with Gasteiger partial charge in [-0.05, 0) is 31.0 Å². The van der Waals surface area contributed by atoms with Gasteiger partial charge in [-0.15, -0.1) is 0 Å². The molecular weight excluding hydrogens is 426 g/mol. The van der Waals surface area contributed by atoms with E-state index in [1.54, 1.807) is 19.2 Å². The van der Waals surface area contributed by atoms with Crippen LogP contribution in [0.4, 0.5) is 11.4 Å². The maximum absolute atomic E-state index is 12.6. The van der Waals surface area contributed by atoms with Crippen molar-refractivity contribution in [2.24, 2.45) is 0 Å². The average molecular weight is 448 g/mol. The predicted molar refractivity (Wildman–Crippen MR) is 111 cm³/mol. The van der Waals surface area contributed by atoms with Gasteiger partial charge in [0, 0.05) is 35.2 Å². The van der Waals surface area contributed by atoms with E-state index in [2.05, 4.69) is 21.2 Å². The summed E-state index contributed by atoms with van der Waals surface area (Å²) >= 11 is 3.36. The fourth-order valence-corrected chi connectivity index (χ4v) is 3.76. The Morgan fingerprint density at radius 2 is 2.00 bits per heavy atom. The lowest BCUT2D eigenvalue weighted by Gasteiger charge is -2.33. The Labute approximate surface area is 172 Å². The van der Waals surface area contributed by atoms with Crippen LogP contribution in [0.3, 0.4) is 0 Å². The number of rotatable bonds is 6. The predicted octanol–water partition coefficient (Wildman–Crippen LogP) is 4.01. The van der Waals surface area contributed by atoms with Gasteiger partial charge >= 0.3 is 0 Å². The normalized spacial score (nSPS) is 14.6. The molecule has 0 atom stereocenters. The Balaban J connectivity index is 1.58. The summed E-state index contributed by atoms with van der Waals surface area (Å²) in [6, 6.07) is 12.5. The van der Waals surface area contributed by atoms with Crippen molar-refractivity contribution in [3.8, 4) is 5.75 Å². The maximum Gasteiger partial charge on any atom is 0.292 e. The van der Waals surface area contributed by atoms with Crippen molar-refractivity contribution in [3.63, 3.8) is 0 Å². The zero-order chi connectivity index (χ0) is 20.1. The number of hydrogen-bond acceptors (Lipinski definition) is 5. The standard InChI is InChI=1S/C20H22BrN3O4/c1-28-19-5-3-2-4-14(19)12-20(25)23-10-8-16(9-11-23)22-17-13-15(21)6-7-18(17)24(26)27/h2-7,13,16,22H,8-12H2,1H3. The topological polar surface area (TPSA) is 84.7 Å². The van der Waals surface area contributed by atoms with E-state index in [0.29, 0.717) is 25.2 Å². The van der Waals surface area contributed by atoms with Gasteiger partial charge in [-0.1, -0.05) is 34.1 Å². The first-order valence-corrected chi connectivity index (χ1v) is 9.87. The number of hydrogen-bond donors (Lipinski definition) is 1. The highest BCUT2D eigenvalue weighted by Gasteiger charge is 2.25. The first-order chi connectivity index (χ1) is 13.5. The number of amides is 1. The van der Waals surface area contributed by atoms with E-state index in [9.17, 15) is 14.9 Å².